The van der Waals surface area contributed by atoms with Crippen molar-refractivity contribution in [2.75, 3.05) is 26.2 Å². The van der Waals surface area contributed by atoms with Crippen LogP contribution in [0.15, 0.2) is 0 Å². The van der Waals surface area contributed by atoms with E-state index in [2.05, 4.69) is 5.32 Å². The standard InChI is InChI=1S/C6H12N2O2.C3H7NO2.C2H4O2/c1-6(9)10-8-4-2-7-3-5-8;1-2(4)3(5)6;1-2(3)4/h7H,2-5H2,1H3;2H,4H2,1H3,(H,5,6);1H3,(H,3,4)/t;2-;/m.0./s1. The second-order valence-corrected chi connectivity index (χ2v) is 3.91. The van der Waals surface area contributed by atoms with E-state index in [0.717, 1.165) is 33.1 Å². The summed E-state index contributed by atoms with van der Waals surface area (Å²) in [5, 5.41) is 20.1. The molecule has 1 fully saturated rings. The van der Waals surface area contributed by atoms with Gasteiger partial charge in [0.25, 0.3) is 5.97 Å². The fourth-order valence-corrected chi connectivity index (χ4v) is 0.917. The Balaban J connectivity index is 0. The van der Waals surface area contributed by atoms with E-state index in [-0.39, 0.29) is 5.97 Å². The van der Waals surface area contributed by atoms with Crippen molar-refractivity contribution >= 4 is 17.9 Å². The SMILES string of the molecule is CC(=O)O.CC(=O)ON1CCNCC1.C[C@H](N)C(=O)O. The van der Waals surface area contributed by atoms with Gasteiger partial charge in [0.05, 0.1) is 0 Å². The molecule has 20 heavy (non-hydrogen) atoms. The zero-order valence-electron chi connectivity index (χ0n) is 12.0. The second kappa shape index (κ2) is 12.3. The fourth-order valence-electron chi connectivity index (χ4n) is 0.917. The normalized spacial score (nSPS) is 15.6. The van der Waals surface area contributed by atoms with Crippen LogP contribution in [0, 0.1) is 0 Å². The second-order valence-electron chi connectivity index (χ2n) is 3.91. The molecular formula is C11H23N3O6. The van der Waals surface area contributed by atoms with E-state index in [0.29, 0.717) is 0 Å². The van der Waals surface area contributed by atoms with Crippen molar-refractivity contribution in [1.29, 1.82) is 0 Å². The highest BCUT2D eigenvalue weighted by atomic mass is 16.7. The first kappa shape index (κ1) is 20.6. The smallest absolute Gasteiger partial charge is 0.322 e. The lowest BCUT2D eigenvalue weighted by molar-refractivity contribution is -0.189. The third-order valence-corrected chi connectivity index (χ3v) is 1.72. The van der Waals surface area contributed by atoms with Gasteiger partial charge in [0.15, 0.2) is 0 Å². The number of aliphatic carboxylic acids is 2. The first-order valence-electron chi connectivity index (χ1n) is 5.99. The Labute approximate surface area is 117 Å². The maximum Gasteiger partial charge on any atom is 0.322 e. The average molecular weight is 293 g/mol. The first-order valence-corrected chi connectivity index (χ1v) is 5.99. The first-order chi connectivity index (χ1) is 9.16. The van der Waals surface area contributed by atoms with Crippen molar-refractivity contribution in [1.82, 2.24) is 10.4 Å². The molecule has 0 spiro atoms. The highest BCUT2D eigenvalue weighted by Gasteiger charge is 2.11. The Morgan fingerprint density at radius 2 is 1.55 bits per heavy atom. The van der Waals surface area contributed by atoms with Crippen LogP contribution in [0.2, 0.25) is 0 Å². The number of carbonyl (C=O) groups excluding carboxylic acids is 1. The maximum atomic E-state index is 10.4. The molecule has 0 aromatic heterocycles. The number of nitrogens with one attached hydrogen (secondary N) is 1. The molecule has 1 aliphatic heterocycles. The Morgan fingerprint density at radius 1 is 1.20 bits per heavy atom. The zero-order chi connectivity index (χ0) is 16.1. The number of carboxylic acid groups (broad SMARTS) is 2. The Morgan fingerprint density at radius 3 is 1.80 bits per heavy atom. The van der Waals surface area contributed by atoms with Crippen molar-refractivity contribution in [3.63, 3.8) is 0 Å². The van der Waals surface area contributed by atoms with Crippen molar-refractivity contribution in [3.05, 3.63) is 0 Å². The zero-order valence-corrected chi connectivity index (χ0v) is 12.0. The van der Waals surface area contributed by atoms with Crippen LogP contribution in [-0.4, -0.2) is 65.4 Å². The molecule has 118 valence electrons. The largest absolute Gasteiger partial charge is 0.481 e. The molecule has 9 heteroatoms. The van der Waals surface area contributed by atoms with Gasteiger partial charge in [0, 0.05) is 40.0 Å². The third kappa shape index (κ3) is 18.6. The molecule has 0 saturated carbocycles. The van der Waals surface area contributed by atoms with E-state index in [1.165, 1.54) is 13.8 Å². The van der Waals surface area contributed by atoms with Crippen LogP contribution in [-0.2, 0) is 19.2 Å². The van der Waals surface area contributed by atoms with Gasteiger partial charge < -0.3 is 26.1 Å². The van der Waals surface area contributed by atoms with Gasteiger partial charge in [0.2, 0.25) is 0 Å². The van der Waals surface area contributed by atoms with E-state index in [9.17, 15) is 9.59 Å². The van der Waals surface area contributed by atoms with Crippen LogP contribution in [0.5, 0.6) is 0 Å². The summed E-state index contributed by atoms with van der Waals surface area (Å²) in [5.74, 6) is -2.03. The predicted molar refractivity (Wildman–Crippen MR) is 70.8 cm³/mol. The summed E-state index contributed by atoms with van der Waals surface area (Å²) in [6.45, 7) is 7.30. The summed E-state index contributed by atoms with van der Waals surface area (Å²) in [7, 11) is 0. The van der Waals surface area contributed by atoms with Crippen LogP contribution in [0.3, 0.4) is 0 Å². The summed E-state index contributed by atoms with van der Waals surface area (Å²) in [4.78, 5) is 33.8. The lowest BCUT2D eigenvalue weighted by atomic mass is 10.4. The number of carboxylic acids is 2. The number of hydroxylamine groups is 2. The van der Waals surface area contributed by atoms with Gasteiger partial charge in [-0.25, -0.2) is 0 Å². The summed E-state index contributed by atoms with van der Waals surface area (Å²) >= 11 is 0. The van der Waals surface area contributed by atoms with Gasteiger partial charge in [-0.2, -0.15) is 0 Å². The van der Waals surface area contributed by atoms with Gasteiger partial charge in [-0.1, -0.05) is 0 Å². The van der Waals surface area contributed by atoms with Crippen LogP contribution < -0.4 is 11.1 Å². The lowest BCUT2D eigenvalue weighted by Gasteiger charge is -2.24. The molecule has 1 atom stereocenters. The molecule has 0 aliphatic carbocycles. The molecule has 5 N–H and O–H groups in total. The summed E-state index contributed by atoms with van der Waals surface area (Å²) < 4.78 is 0. The molecule has 1 aliphatic rings. The third-order valence-electron chi connectivity index (χ3n) is 1.72. The number of hydrogen-bond donors (Lipinski definition) is 4. The minimum Gasteiger partial charge on any atom is -0.481 e. The number of hydrogen-bond acceptors (Lipinski definition) is 7. The number of rotatable bonds is 2. The molecule has 9 nitrogen and oxygen atoms in total. The van der Waals surface area contributed by atoms with Crippen LogP contribution in [0.1, 0.15) is 20.8 Å². The van der Waals surface area contributed by atoms with Crippen molar-refractivity contribution in [2.45, 2.75) is 26.8 Å². The molecule has 0 aromatic rings. The molecule has 1 heterocycles. The minimum absolute atomic E-state index is 0.234. The number of piperazine rings is 1. The summed E-state index contributed by atoms with van der Waals surface area (Å²) in [6.07, 6.45) is 0. The monoisotopic (exact) mass is 293 g/mol. The van der Waals surface area contributed by atoms with E-state index in [1.807, 2.05) is 0 Å². The van der Waals surface area contributed by atoms with Gasteiger partial charge in [-0.05, 0) is 6.92 Å². The Hall–Kier alpha value is -1.71. The maximum absolute atomic E-state index is 10.4. The summed E-state index contributed by atoms with van der Waals surface area (Å²) in [6, 6.07) is -0.731. The van der Waals surface area contributed by atoms with E-state index >= 15 is 0 Å². The van der Waals surface area contributed by atoms with E-state index in [4.69, 9.17) is 25.6 Å². The average Bonchev–Trinajstić information content (AvgIpc) is 2.29. The van der Waals surface area contributed by atoms with E-state index in [1.54, 1.807) is 5.06 Å². The molecule has 0 amide bonds. The molecule has 0 radical (unpaired) electrons. The molecule has 1 saturated heterocycles. The van der Waals surface area contributed by atoms with Gasteiger partial charge in [-0.15, -0.1) is 5.06 Å². The predicted octanol–water partition coefficient (Wildman–Crippen LogP) is -1.12. The van der Waals surface area contributed by atoms with Crippen LogP contribution in [0.25, 0.3) is 0 Å². The van der Waals surface area contributed by atoms with Gasteiger partial charge >= 0.3 is 11.9 Å². The fraction of sp³-hybridized carbons (Fsp3) is 0.727. The topological polar surface area (TPSA) is 142 Å². The number of nitrogens with zero attached hydrogens (tertiary/aromatic N) is 1. The van der Waals surface area contributed by atoms with Gasteiger partial charge in [-0.3, -0.25) is 14.4 Å². The minimum atomic E-state index is -0.963. The van der Waals surface area contributed by atoms with Crippen molar-refractivity contribution < 1.29 is 29.4 Å². The van der Waals surface area contributed by atoms with Crippen LogP contribution >= 0.6 is 0 Å². The molecule has 0 aromatic carbocycles. The molecule has 0 bridgehead atoms. The highest BCUT2D eigenvalue weighted by Crippen LogP contribution is 1.92. The van der Waals surface area contributed by atoms with E-state index < -0.39 is 18.0 Å². The summed E-state index contributed by atoms with van der Waals surface area (Å²) in [5.41, 5.74) is 4.84. The van der Waals surface area contributed by atoms with Crippen molar-refractivity contribution in [3.8, 4) is 0 Å². The number of nitrogens with two attached hydrogens (primary N) is 1. The van der Waals surface area contributed by atoms with Gasteiger partial charge in [0.1, 0.15) is 6.04 Å². The molecular weight excluding hydrogens is 270 g/mol. The highest BCUT2D eigenvalue weighted by molar-refractivity contribution is 5.72. The Bertz CT molecular complexity index is 299. The molecule has 0 unspecified atom stereocenters. The molecule has 1 rings (SSSR count). The van der Waals surface area contributed by atoms with Crippen molar-refractivity contribution in [2.24, 2.45) is 5.73 Å². The lowest BCUT2D eigenvalue weighted by Crippen LogP contribution is -2.43. The number of carbonyl (C=O) groups is 3. The van der Waals surface area contributed by atoms with Crippen LogP contribution in [0.4, 0.5) is 0 Å². The Kier molecular flexibility index (Phi) is 12.7. The quantitative estimate of drug-likeness (QED) is 0.497.